The quantitative estimate of drug-likeness (QED) is 0.482. The number of ether oxygens (including phenoxy) is 2. The van der Waals surface area contributed by atoms with E-state index in [0.717, 1.165) is 44.1 Å². The zero-order chi connectivity index (χ0) is 23.0. The van der Waals surface area contributed by atoms with Gasteiger partial charge < -0.3 is 24.5 Å². The van der Waals surface area contributed by atoms with E-state index in [4.69, 9.17) is 14.6 Å². The van der Waals surface area contributed by atoms with Crippen LogP contribution >= 0.6 is 12.4 Å². The Kier molecular flexibility index (Phi) is 9.31. The molecule has 0 aliphatic carbocycles. The van der Waals surface area contributed by atoms with Crippen LogP contribution in [-0.4, -0.2) is 59.0 Å². The van der Waals surface area contributed by atoms with E-state index in [9.17, 15) is 5.26 Å². The van der Waals surface area contributed by atoms with Crippen molar-refractivity contribution in [1.82, 2.24) is 19.8 Å². The highest BCUT2D eigenvalue weighted by Gasteiger charge is 2.15. The molecule has 0 unspecified atom stereocenters. The fourth-order valence-electron chi connectivity index (χ4n) is 3.90. The zero-order valence-electron chi connectivity index (χ0n) is 19.2. The lowest BCUT2D eigenvalue weighted by atomic mass is 10.1. The van der Waals surface area contributed by atoms with Gasteiger partial charge in [-0.3, -0.25) is 4.90 Å². The van der Waals surface area contributed by atoms with Crippen molar-refractivity contribution >= 4 is 12.4 Å². The summed E-state index contributed by atoms with van der Waals surface area (Å²) in [6.07, 6.45) is 1.95. The second-order valence-electron chi connectivity index (χ2n) is 8.00. The van der Waals surface area contributed by atoms with Crippen molar-refractivity contribution in [3.05, 3.63) is 71.3 Å². The lowest BCUT2D eigenvalue weighted by molar-refractivity contribution is 0.201. The molecule has 1 fully saturated rings. The lowest BCUT2D eigenvalue weighted by Crippen LogP contribution is -2.43. The van der Waals surface area contributed by atoms with E-state index in [-0.39, 0.29) is 25.6 Å². The number of benzene rings is 2. The molecule has 9 heteroatoms. The van der Waals surface area contributed by atoms with Gasteiger partial charge in [-0.25, -0.2) is 4.98 Å². The second kappa shape index (κ2) is 12.4. The topological polar surface area (TPSA) is 95.6 Å². The molecular weight excluding hydrogens is 454 g/mol. The molecule has 0 saturated carbocycles. The molecular formula is C25H30ClN5O3. The largest absolute Gasteiger partial charge is 0.491 e. The summed E-state index contributed by atoms with van der Waals surface area (Å²) >= 11 is 0. The maximum atomic E-state index is 9.58. The Hall–Kier alpha value is -3.09. The number of aliphatic hydroxyl groups excluding tert-OH is 1. The first-order valence-corrected chi connectivity index (χ1v) is 11.1. The van der Waals surface area contributed by atoms with Gasteiger partial charge in [0, 0.05) is 51.5 Å². The third-order valence-corrected chi connectivity index (χ3v) is 5.63. The number of imidazole rings is 1. The number of aromatic nitrogens is 2. The molecule has 2 N–H and O–H groups in total. The van der Waals surface area contributed by atoms with E-state index < -0.39 is 0 Å². The van der Waals surface area contributed by atoms with Gasteiger partial charge in [0.2, 0.25) is 0 Å². The number of nitrogens with one attached hydrogen (secondary N) is 1. The molecule has 4 rings (SSSR count). The SMILES string of the molecule is Cc1ncc(CN2CCNCC2)n1Cc1ccc(C#N)c(Oc2cccc(OCCO)c2)c1.Cl. The number of aryl methyl sites for hydroxylation is 1. The molecule has 0 spiro atoms. The number of piperazine rings is 1. The van der Waals surface area contributed by atoms with Gasteiger partial charge in [0.1, 0.15) is 35.7 Å². The summed E-state index contributed by atoms with van der Waals surface area (Å²) < 4.78 is 13.7. The van der Waals surface area contributed by atoms with Gasteiger partial charge in [0.05, 0.1) is 17.9 Å². The molecule has 1 aliphatic heterocycles. The Morgan fingerprint density at radius 2 is 1.91 bits per heavy atom. The van der Waals surface area contributed by atoms with Gasteiger partial charge in [0.15, 0.2) is 0 Å². The Morgan fingerprint density at radius 1 is 1.12 bits per heavy atom. The van der Waals surface area contributed by atoms with E-state index >= 15 is 0 Å². The summed E-state index contributed by atoms with van der Waals surface area (Å²) in [5, 5.41) is 21.9. The molecule has 3 aromatic rings. The van der Waals surface area contributed by atoms with E-state index in [1.54, 1.807) is 18.2 Å². The molecule has 2 heterocycles. The predicted octanol–water partition coefficient (Wildman–Crippen LogP) is 3.10. The number of rotatable bonds is 9. The maximum Gasteiger partial charge on any atom is 0.145 e. The van der Waals surface area contributed by atoms with Crippen LogP contribution in [0.4, 0.5) is 0 Å². The second-order valence-corrected chi connectivity index (χ2v) is 8.00. The minimum atomic E-state index is -0.0595. The summed E-state index contributed by atoms with van der Waals surface area (Å²) in [5.41, 5.74) is 2.66. The van der Waals surface area contributed by atoms with Gasteiger partial charge in [-0.05, 0) is 36.8 Å². The van der Waals surface area contributed by atoms with E-state index in [2.05, 4.69) is 25.8 Å². The van der Waals surface area contributed by atoms with Crippen molar-refractivity contribution in [1.29, 1.82) is 5.26 Å². The summed E-state index contributed by atoms with van der Waals surface area (Å²) in [4.78, 5) is 6.97. The Bertz CT molecular complexity index is 1120. The molecule has 1 aliphatic rings. The van der Waals surface area contributed by atoms with Gasteiger partial charge in [-0.15, -0.1) is 12.4 Å². The van der Waals surface area contributed by atoms with Gasteiger partial charge >= 0.3 is 0 Å². The van der Waals surface area contributed by atoms with Crippen molar-refractivity contribution < 1.29 is 14.6 Å². The van der Waals surface area contributed by atoms with Crippen LogP contribution in [0.1, 0.15) is 22.6 Å². The molecule has 0 radical (unpaired) electrons. The molecule has 8 nitrogen and oxygen atoms in total. The molecule has 0 atom stereocenters. The molecule has 180 valence electrons. The van der Waals surface area contributed by atoms with Gasteiger partial charge in [-0.2, -0.15) is 5.26 Å². The van der Waals surface area contributed by atoms with Gasteiger partial charge in [-0.1, -0.05) is 12.1 Å². The molecule has 2 aromatic carbocycles. The normalized spacial score (nSPS) is 13.7. The number of nitriles is 1. The molecule has 0 amide bonds. The average Bonchev–Trinajstić information content (AvgIpc) is 3.17. The van der Waals surface area contributed by atoms with Crippen LogP contribution in [-0.2, 0) is 13.1 Å². The fraction of sp³-hybridized carbons (Fsp3) is 0.360. The summed E-state index contributed by atoms with van der Waals surface area (Å²) in [6.45, 7) is 7.75. The first-order chi connectivity index (χ1) is 16.2. The first-order valence-electron chi connectivity index (χ1n) is 11.1. The highest BCUT2D eigenvalue weighted by molar-refractivity contribution is 5.85. The first kappa shape index (κ1) is 25.5. The van der Waals surface area contributed by atoms with Crippen molar-refractivity contribution in [2.75, 3.05) is 39.4 Å². The van der Waals surface area contributed by atoms with Crippen LogP contribution < -0.4 is 14.8 Å². The van der Waals surface area contributed by atoms with Crippen LogP contribution in [0.5, 0.6) is 17.2 Å². The minimum absolute atomic E-state index is 0. The predicted molar refractivity (Wildman–Crippen MR) is 132 cm³/mol. The smallest absolute Gasteiger partial charge is 0.145 e. The van der Waals surface area contributed by atoms with E-state index in [0.29, 0.717) is 29.4 Å². The molecule has 34 heavy (non-hydrogen) atoms. The van der Waals surface area contributed by atoms with Crippen LogP contribution in [0.25, 0.3) is 0 Å². The van der Waals surface area contributed by atoms with Crippen molar-refractivity contribution in [3.8, 4) is 23.3 Å². The van der Waals surface area contributed by atoms with Crippen molar-refractivity contribution in [2.24, 2.45) is 0 Å². The maximum absolute atomic E-state index is 9.58. The Morgan fingerprint density at radius 3 is 2.68 bits per heavy atom. The standard InChI is InChI=1S/C25H29N5O3.ClH/c1-19-28-16-22(18-29-9-7-27-8-10-29)30(19)17-20-5-6-21(15-26)25(13-20)33-24-4-2-3-23(14-24)32-12-11-31;/h2-6,13-14,16,27,31H,7-12,17-18H2,1H3;1H. The molecule has 1 saturated heterocycles. The third-order valence-electron chi connectivity index (χ3n) is 5.63. The van der Waals surface area contributed by atoms with Crippen LogP contribution in [0.2, 0.25) is 0 Å². The number of hydrogen-bond donors (Lipinski definition) is 2. The molecule has 0 bridgehead atoms. The Balaban J connectivity index is 0.00000324. The highest BCUT2D eigenvalue weighted by atomic mass is 35.5. The zero-order valence-corrected chi connectivity index (χ0v) is 20.1. The van der Waals surface area contributed by atoms with E-state index in [1.807, 2.05) is 37.4 Å². The number of aliphatic hydroxyl groups is 1. The summed E-state index contributed by atoms with van der Waals surface area (Å²) in [7, 11) is 0. The highest BCUT2D eigenvalue weighted by Crippen LogP contribution is 2.29. The fourth-order valence-corrected chi connectivity index (χ4v) is 3.90. The van der Waals surface area contributed by atoms with E-state index in [1.165, 1.54) is 5.69 Å². The van der Waals surface area contributed by atoms with Crippen LogP contribution in [0.3, 0.4) is 0 Å². The van der Waals surface area contributed by atoms with Crippen LogP contribution in [0.15, 0.2) is 48.7 Å². The Labute approximate surface area is 206 Å². The minimum Gasteiger partial charge on any atom is -0.491 e. The molecule has 1 aromatic heterocycles. The number of hydrogen-bond acceptors (Lipinski definition) is 7. The van der Waals surface area contributed by atoms with Crippen LogP contribution in [0, 0.1) is 18.3 Å². The van der Waals surface area contributed by atoms with Crippen molar-refractivity contribution in [3.63, 3.8) is 0 Å². The van der Waals surface area contributed by atoms with Crippen molar-refractivity contribution in [2.45, 2.75) is 20.0 Å². The number of nitrogens with zero attached hydrogens (tertiary/aromatic N) is 4. The lowest BCUT2D eigenvalue weighted by Gasteiger charge is -2.27. The summed E-state index contributed by atoms with van der Waals surface area (Å²) in [6, 6.07) is 15.0. The van der Waals surface area contributed by atoms with Gasteiger partial charge in [0.25, 0.3) is 0 Å². The number of halogens is 1. The third kappa shape index (κ3) is 6.49. The summed E-state index contributed by atoms with van der Waals surface area (Å²) in [5.74, 6) is 2.62. The monoisotopic (exact) mass is 483 g/mol. The average molecular weight is 484 g/mol.